The summed E-state index contributed by atoms with van der Waals surface area (Å²) in [5.74, 6) is -0.264. The van der Waals surface area contributed by atoms with Gasteiger partial charge in [-0.1, -0.05) is 11.6 Å². The molecular formula is C13H12ClN3O3. The van der Waals surface area contributed by atoms with Gasteiger partial charge in [0.25, 0.3) is 5.91 Å². The highest BCUT2D eigenvalue weighted by molar-refractivity contribution is 6.32. The highest BCUT2D eigenvalue weighted by atomic mass is 35.5. The maximum atomic E-state index is 11.6. The minimum absolute atomic E-state index is 0.137. The molecular weight excluding hydrogens is 282 g/mol. The minimum Gasteiger partial charge on any atom is -0.503 e. The van der Waals surface area contributed by atoms with Crippen molar-refractivity contribution >= 4 is 23.7 Å². The highest BCUT2D eigenvalue weighted by Gasteiger charge is 2.08. The molecule has 0 bridgehead atoms. The summed E-state index contributed by atoms with van der Waals surface area (Å²) in [6.07, 6.45) is 3.04. The van der Waals surface area contributed by atoms with Gasteiger partial charge in [-0.2, -0.15) is 5.10 Å². The molecule has 0 atom stereocenters. The summed E-state index contributed by atoms with van der Waals surface area (Å²) in [4.78, 5) is 14.4. The summed E-state index contributed by atoms with van der Waals surface area (Å²) in [6.45, 7) is 0. The van der Waals surface area contributed by atoms with Crippen molar-refractivity contribution in [3.8, 4) is 11.5 Å². The Morgan fingerprint density at radius 1 is 1.55 bits per heavy atom. The number of hydrogen-bond donors (Lipinski definition) is 3. The van der Waals surface area contributed by atoms with Gasteiger partial charge in [-0.3, -0.25) is 4.79 Å². The number of carbonyl (C=O) groups is 1. The molecule has 1 aromatic heterocycles. The number of halogens is 1. The monoisotopic (exact) mass is 293 g/mol. The number of aromatic nitrogens is 1. The standard InChI is InChI=1S/C13H12ClN3O3/c1-20-11-6-8(5-9(14)12(11)18)7-16-17-13(19)10-3-2-4-15-10/h2-7,15,18H,1H3,(H,17,19)/b16-7+. The summed E-state index contributed by atoms with van der Waals surface area (Å²) < 4.78 is 4.96. The van der Waals surface area contributed by atoms with Crippen LogP contribution in [-0.2, 0) is 0 Å². The Kier molecular flexibility index (Phi) is 4.27. The highest BCUT2D eigenvalue weighted by Crippen LogP contribution is 2.34. The Hall–Kier alpha value is -2.47. The van der Waals surface area contributed by atoms with Crippen LogP contribution in [0.4, 0.5) is 0 Å². The van der Waals surface area contributed by atoms with E-state index >= 15 is 0 Å². The molecule has 1 amide bonds. The number of amides is 1. The first kappa shape index (κ1) is 14.0. The second kappa shape index (κ2) is 6.12. The second-order valence-corrected chi connectivity index (χ2v) is 4.24. The Balaban J connectivity index is 2.08. The van der Waals surface area contributed by atoms with Crippen molar-refractivity contribution in [1.29, 1.82) is 0 Å². The lowest BCUT2D eigenvalue weighted by molar-refractivity contribution is 0.0951. The van der Waals surface area contributed by atoms with E-state index < -0.39 is 0 Å². The first-order valence-corrected chi connectivity index (χ1v) is 6.03. The van der Waals surface area contributed by atoms with E-state index in [1.807, 2.05) is 0 Å². The number of methoxy groups -OCH3 is 1. The van der Waals surface area contributed by atoms with E-state index in [-0.39, 0.29) is 22.4 Å². The van der Waals surface area contributed by atoms with Crippen LogP contribution in [0.2, 0.25) is 5.02 Å². The lowest BCUT2D eigenvalue weighted by Crippen LogP contribution is -2.17. The van der Waals surface area contributed by atoms with Crippen LogP contribution in [0.25, 0.3) is 0 Å². The molecule has 1 aromatic carbocycles. The van der Waals surface area contributed by atoms with E-state index in [0.29, 0.717) is 11.3 Å². The molecule has 0 saturated heterocycles. The maximum Gasteiger partial charge on any atom is 0.287 e. The van der Waals surface area contributed by atoms with Crippen molar-refractivity contribution in [2.24, 2.45) is 5.10 Å². The van der Waals surface area contributed by atoms with E-state index in [1.54, 1.807) is 24.4 Å². The Morgan fingerprint density at radius 3 is 3.00 bits per heavy atom. The van der Waals surface area contributed by atoms with E-state index in [0.717, 1.165) is 0 Å². The summed E-state index contributed by atoms with van der Waals surface area (Å²) in [5, 5.41) is 13.5. The van der Waals surface area contributed by atoms with Gasteiger partial charge in [0.1, 0.15) is 5.69 Å². The van der Waals surface area contributed by atoms with Crippen LogP contribution in [-0.4, -0.2) is 29.3 Å². The van der Waals surface area contributed by atoms with Gasteiger partial charge in [0.15, 0.2) is 11.5 Å². The molecule has 6 nitrogen and oxygen atoms in total. The number of carbonyl (C=O) groups excluding carboxylic acids is 1. The second-order valence-electron chi connectivity index (χ2n) is 3.84. The van der Waals surface area contributed by atoms with Gasteiger partial charge in [-0.05, 0) is 29.8 Å². The number of aromatic amines is 1. The third-order valence-electron chi connectivity index (χ3n) is 2.49. The number of phenols is 1. The average Bonchev–Trinajstić information content (AvgIpc) is 2.96. The molecule has 104 valence electrons. The number of benzene rings is 1. The molecule has 0 unspecified atom stereocenters. The van der Waals surface area contributed by atoms with Gasteiger partial charge in [-0.15, -0.1) is 0 Å². The third-order valence-corrected chi connectivity index (χ3v) is 2.78. The molecule has 20 heavy (non-hydrogen) atoms. The first-order chi connectivity index (χ1) is 9.61. The molecule has 0 aliphatic heterocycles. The number of nitrogens with zero attached hydrogens (tertiary/aromatic N) is 1. The summed E-state index contributed by atoms with van der Waals surface area (Å²) in [5.41, 5.74) is 3.34. The number of hydrogen-bond acceptors (Lipinski definition) is 4. The van der Waals surface area contributed by atoms with Gasteiger partial charge in [-0.25, -0.2) is 5.43 Å². The van der Waals surface area contributed by atoms with Gasteiger partial charge in [0.2, 0.25) is 0 Å². The number of aromatic hydroxyl groups is 1. The Bertz CT molecular complexity index is 639. The van der Waals surface area contributed by atoms with Crippen molar-refractivity contribution in [3.05, 3.63) is 46.7 Å². The number of rotatable bonds is 4. The predicted molar refractivity (Wildman–Crippen MR) is 75.5 cm³/mol. The Labute approximate surface area is 120 Å². The SMILES string of the molecule is COc1cc(/C=N/NC(=O)c2ccc[nH]2)cc(Cl)c1O. The summed E-state index contributed by atoms with van der Waals surface area (Å²) >= 11 is 5.84. The van der Waals surface area contributed by atoms with Crippen LogP contribution >= 0.6 is 11.6 Å². The van der Waals surface area contributed by atoms with E-state index in [4.69, 9.17) is 16.3 Å². The molecule has 0 fully saturated rings. The van der Waals surface area contributed by atoms with Crippen LogP contribution in [0, 0.1) is 0 Å². The van der Waals surface area contributed by atoms with E-state index in [9.17, 15) is 9.90 Å². The van der Waals surface area contributed by atoms with Gasteiger partial charge in [0.05, 0.1) is 18.3 Å². The number of phenolic OH excluding ortho intramolecular Hbond substituents is 1. The van der Waals surface area contributed by atoms with E-state index in [2.05, 4.69) is 15.5 Å². The van der Waals surface area contributed by atoms with Crippen LogP contribution in [0.1, 0.15) is 16.1 Å². The largest absolute Gasteiger partial charge is 0.503 e. The topological polar surface area (TPSA) is 86.7 Å². The molecule has 0 saturated carbocycles. The third kappa shape index (κ3) is 3.10. The lowest BCUT2D eigenvalue weighted by atomic mass is 10.2. The molecule has 0 aliphatic carbocycles. The maximum absolute atomic E-state index is 11.6. The fourth-order valence-electron chi connectivity index (χ4n) is 1.52. The molecule has 2 rings (SSSR count). The quantitative estimate of drug-likeness (QED) is 0.596. The van der Waals surface area contributed by atoms with Crippen LogP contribution in [0.5, 0.6) is 11.5 Å². The van der Waals surface area contributed by atoms with Crippen LogP contribution in [0.15, 0.2) is 35.6 Å². The molecule has 7 heteroatoms. The Morgan fingerprint density at radius 2 is 2.35 bits per heavy atom. The molecule has 3 N–H and O–H groups in total. The number of nitrogens with one attached hydrogen (secondary N) is 2. The number of hydrazone groups is 1. The van der Waals surface area contributed by atoms with Crippen molar-refractivity contribution in [3.63, 3.8) is 0 Å². The van der Waals surface area contributed by atoms with Crippen molar-refractivity contribution in [2.45, 2.75) is 0 Å². The molecule has 0 radical (unpaired) electrons. The summed E-state index contributed by atoms with van der Waals surface area (Å²) in [7, 11) is 1.42. The number of ether oxygens (including phenoxy) is 1. The van der Waals surface area contributed by atoms with Gasteiger partial charge in [0, 0.05) is 6.20 Å². The molecule has 0 spiro atoms. The van der Waals surface area contributed by atoms with E-state index in [1.165, 1.54) is 19.4 Å². The first-order valence-electron chi connectivity index (χ1n) is 5.65. The smallest absolute Gasteiger partial charge is 0.287 e. The average molecular weight is 294 g/mol. The van der Waals surface area contributed by atoms with Crippen molar-refractivity contribution in [2.75, 3.05) is 7.11 Å². The fourth-order valence-corrected chi connectivity index (χ4v) is 1.74. The predicted octanol–water partition coefficient (Wildman–Crippen LogP) is 2.15. The lowest BCUT2D eigenvalue weighted by Gasteiger charge is -2.05. The van der Waals surface area contributed by atoms with Crippen LogP contribution < -0.4 is 10.2 Å². The van der Waals surface area contributed by atoms with Crippen molar-refractivity contribution in [1.82, 2.24) is 10.4 Å². The fraction of sp³-hybridized carbons (Fsp3) is 0.0769. The minimum atomic E-state index is -0.358. The summed E-state index contributed by atoms with van der Waals surface area (Å²) in [6, 6.07) is 6.39. The van der Waals surface area contributed by atoms with Crippen molar-refractivity contribution < 1.29 is 14.6 Å². The zero-order chi connectivity index (χ0) is 14.5. The number of H-pyrrole nitrogens is 1. The zero-order valence-corrected chi connectivity index (χ0v) is 11.3. The van der Waals surface area contributed by atoms with Crippen LogP contribution in [0.3, 0.4) is 0 Å². The normalized spacial score (nSPS) is 10.7. The zero-order valence-electron chi connectivity index (χ0n) is 10.6. The van der Waals surface area contributed by atoms with Gasteiger partial charge < -0.3 is 14.8 Å². The van der Waals surface area contributed by atoms with Gasteiger partial charge >= 0.3 is 0 Å². The molecule has 0 aliphatic rings. The molecule has 1 heterocycles. The molecule has 2 aromatic rings.